The van der Waals surface area contributed by atoms with Gasteiger partial charge in [0.1, 0.15) is 10.4 Å². The highest BCUT2D eigenvalue weighted by atomic mass is 35.5. The molecule has 0 bridgehead atoms. The normalized spacial score (nSPS) is 23.2. The third kappa shape index (κ3) is 1.17. The first-order chi connectivity index (χ1) is 4.77. The molecule has 1 aliphatic rings. The van der Waals surface area contributed by atoms with Crippen molar-refractivity contribution in [3.63, 3.8) is 0 Å². The van der Waals surface area contributed by atoms with Crippen molar-refractivity contribution in [2.45, 2.75) is 6.10 Å². The number of thiophene rings is 1. The van der Waals surface area contributed by atoms with Crippen LogP contribution in [0.5, 0.6) is 0 Å². The Hall–Kier alpha value is 0.240. The fourth-order valence-corrected chi connectivity index (χ4v) is 2.36. The number of epoxide rings is 1. The lowest BCUT2D eigenvalue weighted by Crippen LogP contribution is -1.72. The molecule has 0 radical (unpaired) electrons. The molecule has 1 fully saturated rings. The average Bonchev–Trinajstić information content (AvgIpc) is 2.61. The first kappa shape index (κ1) is 6.92. The van der Waals surface area contributed by atoms with Crippen LogP contribution in [-0.4, -0.2) is 6.61 Å². The highest BCUT2D eigenvalue weighted by Crippen LogP contribution is 2.41. The van der Waals surface area contributed by atoms with Crippen LogP contribution in [0.3, 0.4) is 0 Å². The Morgan fingerprint density at radius 3 is 2.70 bits per heavy atom. The van der Waals surface area contributed by atoms with Crippen molar-refractivity contribution in [1.82, 2.24) is 0 Å². The van der Waals surface area contributed by atoms with Crippen LogP contribution in [0.2, 0.25) is 8.67 Å². The molecule has 1 unspecified atom stereocenters. The predicted octanol–water partition coefficient (Wildman–Crippen LogP) is 3.13. The lowest BCUT2D eigenvalue weighted by molar-refractivity contribution is 0.416. The lowest BCUT2D eigenvalue weighted by Gasteiger charge is -1.85. The zero-order valence-electron chi connectivity index (χ0n) is 4.93. The van der Waals surface area contributed by atoms with Crippen molar-refractivity contribution in [3.8, 4) is 0 Å². The molecule has 0 aliphatic carbocycles. The fourth-order valence-electron chi connectivity index (χ4n) is 0.800. The molecule has 1 atom stereocenters. The van der Waals surface area contributed by atoms with Crippen molar-refractivity contribution in [2.24, 2.45) is 0 Å². The largest absolute Gasteiger partial charge is 0.368 e. The van der Waals surface area contributed by atoms with Crippen LogP contribution in [0.25, 0.3) is 0 Å². The maximum Gasteiger partial charge on any atom is 0.108 e. The van der Waals surface area contributed by atoms with Crippen molar-refractivity contribution in [3.05, 3.63) is 20.3 Å². The highest BCUT2D eigenvalue weighted by molar-refractivity contribution is 7.20. The van der Waals surface area contributed by atoms with E-state index in [9.17, 15) is 0 Å². The minimum Gasteiger partial charge on any atom is -0.368 e. The molecule has 1 saturated heterocycles. The molecule has 1 aromatic heterocycles. The molecule has 0 N–H and O–H groups in total. The van der Waals surface area contributed by atoms with E-state index in [0.29, 0.717) is 0 Å². The molecule has 1 aliphatic heterocycles. The molecule has 2 rings (SSSR count). The molecule has 4 heteroatoms. The molecule has 1 nitrogen and oxygen atoms in total. The topological polar surface area (TPSA) is 12.5 Å². The predicted molar refractivity (Wildman–Crippen MR) is 43.0 cm³/mol. The average molecular weight is 195 g/mol. The minimum atomic E-state index is 0.219. The van der Waals surface area contributed by atoms with Crippen LogP contribution in [0, 0.1) is 0 Å². The Bertz CT molecular complexity index is 254. The summed E-state index contributed by atoms with van der Waals surface area (Å²) in [5.74, 6) is 0. The summed E-state index contributed by atoms with van der Waals surface area (Å²) in [6.45, 7) is 0.785. The van der Waals surface area contributed by atoms with E-state index in [-0.39, 0.29) is 6.10 Å². The molecule has 0 spiro atoms. The molecule has 54 valence electrons. The van der Waals surface area contributed by atoms with Crippen LogP contribution in [0.15, 0.2) is 6.07 Å². The van der Waals surface area contributed by atoms with E-state index in [0.717, 1.165) is 20.8 Å². The second kappa shape index (κ2) is 2.38. The molecular formula is C6H4Cl2OS. The summed E-state index contributed by atoms with van der Waals surface area (Å²) in [6.07, 6.45) is 0.219. The van der Waals surface area contributed by atoms with Gasteiger partial charge in [0.15, 0.2) is 0 Å². The molecular weight excluding hydrogens is 191 g/mol. The third-order valence-corrected chi connectivity index (χ3v) is 2.88. The van der Waals surface area contributed by atoms with Gasteiger partial charge in [0.2, 0.25) is 0 Å². The molecule has 0 saturated carbocycles. The number of hydrogen-bond donors (Lipinski definition) is 0. The smallest absolute Gasteiger partial charge is 0.108 e. The number of rotatable bonds is 1. The van der Waals surface area contributed by atoms with Gasteiger partial charge in [-0.2, -0.15) is 0 Å². The van der Waals surface area contributed by atoms with E-state index in [4.69, 9.17) is 27.9 Å². The van der Waals surface area contributed by atoms with Gasteiger partial charge < -0.3 is 4.74 Å². The number of halogens is 2. The Morgan fingerprint density at radius 2 is 2.30 bits per heavy atom. The second-order valence-electron chi connectivity index (χ2n) is 2.10. The minimum absolute atomic E-state index is 0.219. The van der Waals surface area contributed by atoms with Crippen molar-refractivity contribution < 1.29 is 4.74 Å². The Kier molecular flexibility index (Phi) is 1.65. The maximum absolute atomic E-state index is 5.83. The molecule has 10 heavy (non-hydrogen) atoms. The van der Waals surface area contributed by atoms with Gasteiger partial charge in [-0.3, -0.25) is 0 Å². The van der Waals surface area contributed by atoms with E-state index in [1.807, 2.05) is 6.07 Å². The van der Waals surface area contributed by atoms with Gasteiger partial charge in [-0.1, -0.05) is 23.2 Å². The van der Waals surface area contributed by atoms with E-state index in [2.05, 4.69) is 0 Å². The fraction of sp³-hybridized carbons (Fsp3) is 0.333. The van der Waals surface area contributed by atoms with Crippen molar-refractivity contribution >= 4 is 34.5 Å². The Labute approximate surface area is 72.5 Å². The van der Waals surface area contributed by atoms with E-state index in [1.165, 1.54) is 11.3 Å². The second-order valence-corrected chi connectivity index (χ2v) is 4.39. The number of hydrogen-bond acceptors (Lipinski definition) is 2. The standard InChI is InChI=1S/C6H4Cl2OS/c7-5-1-3(4-2-9-4)6(8)10-5/h1,4H,2H2. The summed E-state index contributed by atoms with van der Waals surface area (Å²) in [5, 5.41) is 0. The van der Waals surface area contributed by atoms with Crippen LogP contribution >= 0.6 is 34.5 Å². The zero-order chi connectivity index (χ0) is 7.14. The van der Waals surface area contributed by atoms with Gasteiger partial charge in [0.25, 0.3) is 0 Å². The van der Waals surface area contributed by atoms with E-state index in [1.54, 1.807) is 0 Å². The van der Waals surface area contributed by atoms with Gasteiger partial charge in [-0.25, -0.2) is 0 Å². The zero-order valence-corrected chi connectivity index (χ0v) is 7.26. The molecule has 0 amide bonds. The van der Waals surface area contributed by atoms with Crippen LogP contribution in [0.4, 0.5) is 0 Å². The van der Waals surface area contributed by atoms with Gasteiger partial charge >= 0.3 is 0 Å². The van der Waals surface area contributed by atoms with Crippen molar-refractivity contribution in [2.75, 3.05) is 6.61 Å². The number of ether oxygens (including phenoxy) is 1. The van der Waals surface area contributed by atoms with Crippen LogP contribution < -0.4 is 0 Å². The Balaban J connectivity index is 2.38. The summed E-state index contributed by atoms with van der Waals surface area (Å²) < 4.78 is 6.54. The lowest BCUT2D eigenvalue weighted by atomic mass is 10.3. The van der Waals surface area contributed by atoms with Crippen LogP contribution in [-0.2, 0) is 4.74 Å². The first-order valence-corrected chi connectivity index (χ1v) is 4.41. The summed E-state index contributed by atoms with van der Waals surface area (Å²) in [4.78, 5) is 0. The highest BCUT2D eigenvalue weighted by Gasteiger charge is 2.28. The summed E-state index contributed by atoms with van der Waals surface area (Å²) in [7, 11) is 0. The van der Waals surface area contributed by atoms with Gasteiger partial charge in [-0.05, 0) is 6.07 Å². The summed E-state index contributed by atoms with van der Waals surface area (Å²) >= 11 is 12.9. The van der Waals surface area contributed by atoms with Gasteiger partial charge in [0, 0.05) is 5.56 Å². The molecule has 2 heterocycles. The van der Waals surface area contributed by atoms with E-state index < -0.39 is 0 Å². The van der Waals surface area contributed by atoms with E-state index >= 15 is 0 Å². The molecule has 0 aromatic carbocycles. The van der Waals surface area contributed by atoms with Gasteiger partial charge in [-0.15, -0.1) is 11.3 Å². The quantitative estimate of drug-likeness (QED) is 0.627. The van der Waals surface area contributed by atoms with Crippen LogP contribution in [0.1, 0.15) is 11.7 Å². The SMILES string of the molecule is Clc1cc(C2CO2)c(Cl)s1. The van der Waals surface area contributed by atoms with Gasteiger partial charge in [0.05, 0.1) is 10.9 Å². The third-order valence-electron chi connectivity index (χ3n) is 1.36. The monoisotopic (exact) mass is 194 g/mol. The summed E-state index contributed by atoms with van der Waals surface area (Å²) in [5.41, 5.74) is 1.04. The summed E-state index contributed by atoms with van der Waals surface area (Å²) in [6, 6.07) is 1.87. The Morgan fingerprint density at radius 1 is 1.60 bits per heavy atom. The first-order valence-electron chi connectivity index (χ1n) is 2.83. The maximum atomic E-state index is 5.83. The van der Waals surface area contributed by atoms with Crippen molar-refractivity contribution in [1.29, 1.82) is 0 Å². The molecule has 1 aromatic rings.